The lowest BCUT2D eigenvalue weighted by Gasteiger charge is -2.39. The highest BCUT2D eigenvalue weighted by molar-refractivity contribution is 4.90. The van der Waals surface area contributed by atoms with Crippen molar-refractivity contribution in [3.63, 3.8) is 0 Å². The molecule has 6 nitrogen and oxygen atoms in total. The maximum Gasteiger partial charge on any atom is 0.176 e. The van der Waals surface area contributed by atoms with Gasteiger partial charge in [0.05, 0.1) is 7.05 Å². The van der Waals surface area contributed by atoms with E-state index in [1.807, 2.05) is 0 Å². The number of hydrazine groups is 1. The lowest BCUT2D eigenvalue weighted by Crippen LogP contribution is -2.44. The monoisotopic (exact) mass is 280 g/mol. The van der Waals surface area contributed by atoms with Crippen LogP contribution in [0.25, 0.3) is 0 Å². The number of tetrazole rings is 1. The van der Waals surface area contributed by atoms with Gasteiger partial charge < -0.3 is 0 Å². The van der Waals surface area contributed by atoms with Gasteiger partial charge in [-0.05, 0) is 48.1 Å². The summed E-state index contributed by atoms with van der Waals surface area (Å²) in [5.74, 6) is 7.96. The summed E-state index contributed by atoms with van der Waals surface area (Å²) in [5.41, 5.74) is 3.39. The van der Waals surface area contributed by atoms with Crippen LogP contribution in [0.15, 0.2) is 0 Å². The molecule has 1 saturated carbocycles. The van der Waals surface area contributed by atoms with E-state index in [1.165, 1.54) is 30.5 Å². The fourth-order valence-corrected chi connectivity index (χ4v) is 3.35. The molecule has 0 spiro atoms. The second-order valence-electron chi connectivity index (χ2n) is 7.15. The first-order chi connectivity index (χ1) is 9.40. The minimum absolute atomic E-state index is 0.250. The zero-order valence-corrected chi connectivity index (χ0v) is 13.1. The van der Waals surface area contributed by atoms with E-state index in [2.05, 4.69) is 41.6 Å². The molecule has 1 unspecified atom stereocenters. The molecule has 6 heteroatoms. The predicted octanol–water partition coefficient (Wildman–Crippen LogP) is 1.44. The zero-order valence-electron chi connectivity index (χ0n) is 13.1. The van der Waals surface area contributed by atoms with Gasteiger partial charge in [0.15, 0.2) is 5.82 Å². The summed E-state index contributed by atoms with van der Waals surface area (Å²) in [6.07, 6.45) is 5.81. The van der Waals surface area contributed by atoms with Gasteiger partial charge in [0.25, 0.3) is 0 Å². The molecule has 114 valence electrons. The van der Waals surface area contributed by atoms with Crippen molar-refractivity contribution in [2.24, 2.45) is 30.1 Å². The summed E-state index contributed by atoms with van der Waals surface area (Å²) in [4.78, 5) is 1.50. The first kappa shape index (κ1) is 15.4. The Kier molecular flexibility index (Phi) is 4.75. The van der Waals surface area contributed by atoms with Gasteiger partial charge >= 0.3 is 0 Å². The van der Waals surface area contributed by atoms with Gasteiger partial charge in [0.2, 0.25) is 0 Å². The second-order valence-corrected chi connectivity index (χ2v) is 7.15. The van der Waals surface area contributed by atoms with Crippen molar-refractivity contribution >= 4 is 0 Å². The molecule has 1 heterocycles. The quantitative estimate of drug-likeness (QED) is 0.644. The Morgan fingerprint density at radius 2 is 1.95 bits per heavy atom. The Morgan fingerprint density at radius 1 is 1.30 bits per heavy atom. The lowest BCUT2D eigenvalue weighted by atomic mass is 9.68. The molecule has 1 aliphatic carbocycles. The molecule has 0 saturated heterocycles. The van der Waals surface area contributed by atoms with Gasteiger partial charge in [-0.15, -0.1) is 10.2 Å². The van der Waals surface area contributed by atoms with Crippen LogP contribution < -0.4 is 11.3 Å². The number of nitrogens with zero attached hydrogens (tertiary/aromatic N) is 4. The molecule has 20 heavy (non-hydrogen) atoms. The fraction of sp³-hybridized carbons (Fsp3) is 0.929. The number of nitrogens with two attached hydrogens (primary N) is 1. The predicted molar refractivity (Wildman–Crippen MR) is 78.5 cm³/mol. The number of hydrogen-bond acceptors (Lipinski definition) is 5. The standard InChI is InChI=1S/C14H28N6/c1-14(2,3)11-7-5-10(6-8-11)12(16-15)9-13-17-19-20(4)18-13/h10-12,16H,5-9,15H2,1-4H3. The minimum Gasteiger partial charge on any atom is -0.271 e. The van der Waals surface area contributed by atoms with Crippen molar-refractivity contribution in [1.29, 1.82) is 0 Å². The van der Waals surface area contributed by atoms with Gasteiger partial charge in [0, 0.05) is 12.5 Å². The van der Waals surface area contributed by atoms with Crippen molar-refractivity contribution in [3.8, 4) is 0 Å². The molecule has 1 aliphatic rings. The van der Waals surface area contributed by atoms with E-state index in [4.69, 9.17) is 5.84 Å². The smallest absolute Gasteiger partial charge is 0.176 e. The Labute approximate surface area is 121 Å². The number of nitrogens with one attached hydrogen (secondary N) is 1. The number of aryl methyl sites for hydroxylation is 1. The largest absolute Gasteiger partial charge is 0.271 e. The third-order valence-electron chi connectivity index (χ3n) is 4.73. The van der Waals surface area contributed by atoms with Gasteiger partial charge in [0.1, 0.15) is 0 Å². The Morgan fingerprint density at radius 3 is 2.40 bits per heavy atom. The highest BCUT2D eigenvalue weighted by Crippen LogP contribution is 2.40. The highest BCUT2D eigenvalue weighted by Gasteiger charge is 2.33. The summed E-state index contributed by atoms with van der Waals surface area (Å²) in [6.45, 7) is 7.04. The van der Waals surface area contributed by atoms with Gasteiger partial charge in [-0.3, -0.25) is 11.3 Å². The van der Waals surface area contributed by atoms with E-state index < -0.39 is 0 Å². The lowest BCUT2D eigenvalue weighted by molar-refractivity contribution is 0.132. The van der Waals surface area contributed by atoms with E-state index in [-0.39, 0.29) is 6.04 Å². The van der Waals surface area contributed by atoms with E-state index in [1.54, 1.807) is 7.05 Å². The molecule has 1 atom stereocenters. The van der Waals surface area contributed by atoms with Crippen molar-refractivity contribution in [3.05, 3.63) is 5.82 Å². The average molecular weight is 280 g/mol. The molecule has 0 amide bonds. The number of hydrogen-bond donors (Lipinski definition) is 2. The fourth-order valence-electron chi connectivity index (χ4n) is 3.35. The first-order valence-electron chi connectivity index (χ1n) is 7.59. The Balaban J connectivity index is 1.90. The van der Waals surface area contributed by atoms with E-state index in [9.17, 15) is 0 Å². The van der Waals surface area contributed by atoms with Crippen LogP contribution in [-0.2, 0) is 13.5 Å². The van der Waals surface area contributed by atoms with Crippen LogP contribution in [0, 0.1) is 17.3 Å². The second kappa shape index (κ2) is 6.18. The van der Waals surface area contributed by atoms with Gasteiger partial charge in [-0.2, -0.15) is 4.80 Å². The van der Waals surface area contributed by atoms with Crippen LogP contribution in [0.2, 0.25) is 0 Å². The van der Waals surface area contributed by atoms with Crippen LogP contribution in [0.4, 0.5) is 0 Å². The minimum atomic E-state index is 0.250. The normalized spacial score (nSPS) is 25.6. The van der Waals surface area contributed by atoms with Crippen molar-refractivity contribution in [2.75, 3.05) is 0 Å². The molecule has 3 N–H and O–H groups in total. The van der Waals surface area contributed by atoms with Gasteiger partial charge in [-0.25, -0.2) is 0 Å². The Hall–Kier alpha value is -1.01. The summed E-state index contributed by atoms with van der Waals surface area (Å²) in [7, 11) is 1.79. The SMILES string of the molecule is Cn1nnc(CC(NN)C2CCC(C(C)(C)C)CC2)n1. The number of rotatable bonds is 4. The summed E-state index contributed by atoms with van der Waals surface area (Å²) in [5, 5.41) is 12.2. The van der Waals surface area contributed by atoms with Crippen LogP contribution in [0.3, 0.4) is 0 Å². The molecule has 0 aromatic carbocycles. The molecule has 0 aliphatic heterocycles. The van der Waals surface area contributed by atoms with E-state index >= 15 is 0 Å². The average Bonchev–Trinajstić information content (AvgIpc) is 2.81. The zero-order chi connectivity index (χ0) is 14.8. The van der Waals surface area contributed by atoms with Crippen molar-refractivity contribution in [1.82, 2.24) is 25.6 Å². The van der Waals surface area contributed by atoms with Crippen molar-refractivity contribution in [2.45, 2.75) is 58.9 Å². The molecule has 0 radical (unpaired) electrons. The highest BCUT2D eigenvalue weighted by atomic mass is 15.6. The first-order valence-corrected chi connectivity index (χ1v) is 7.59. The third-order valence-corrected chi connectivity index (χ3v) is 4.73. The summed E-state index contributed by atoms with van der Waals surface area (Å²) >= 11 is 0. The van der Waals surface area contributed by atoms with E-state index in [0.29, 0.717) is 11.3 Å². The van der Waals surface area contributed by atoms with Crippen molar-refractivity contribution < 1.29 is 0 Å². The topological polar surface area (TPSA) is 81.7 Å². The summed E-state index contributed by atoms with van der Waals surface area (Å²) < 4.78 is 0. The maximum absolute atomic E-state index is 5.75. The molecule has 1 aromatic heterocycles. The molecular weight excluding hydrogens is 252 g/mol. The third kappa shape index (κ3) is 3.76. The molecular formula is C14H28N6. The maximum atomic E-state index is 5.75. The molecule has 0 bridgehead atoms. The van der Waals surface area contributed by atoms with Gasteiger partial charge in [-0.1, -0.05) is 20.8 Å². The van der Waals surface area contributed by atoms with Crippen LogP contribution in [-0.4, -0.2) is 26.2 Å². The molecule has 2 rings (SSSR count). The number of aromatic nitrogens is 4. The van der Waals surface area contributed by atoms with Crippen LogP contribution in [0.1, 0.15) is 52.3 Å². The Bertz CT molecular complexity index is 414. The van der Waals surface area contributed by atoms with Crippen LogP contribution in [0.5, 0.6) is 0 Å². The van der Waals surface area contributed by atoms with E-state index in [0.717, 1.165) is 18.2 Å². The summed E-state index contributed by atoms with van der Waals surface area (Å²) in [6, 6.07) is 0.250. The molecule has 1 aromatic rings. The molecule has 1 fully saturated rings. The van der Waals surface area contributed by atoms with Crippen LogP contribution >= 0.6 is 0 Å².